The molecule has 0 heterocycles. The van der Waals surface area contributed by atoms with Crippen LogP contribution in [-0.2, 0) is 9.59 Å². The molecule has 0 aliphatic heterocycles. The Balaban J connectivity index is 2.18. The van der Waals surface area contributed by atoms with Crippen molar-refractivity contribution in [2.75, 3.05) is 0 Å². The Morgan fingerprint density at radius 2 is 1.00 bits per heavy atom. The van der Waals surface area contributed by atoms with Gasteiger partial charge in [-0.05, 0) is 24.3 Å². The smallest absolute Gasteiger partial charge is 0.155 e. The molecule has 0 bridgehead atoms. The molecule has 0 aliphatic carbocycles. The van der Waals surface area contributed by atoms with Crippen molar-refractivity contribution >= 4 is 58.0 Å². The molecule has 2 rings (SSSR count). The van der Waals surface area contributed by atoms with E-state index in [1.54, 1.807) is 12.1 Å². The molecule has 2 atom stereocenters. The van der Waals surface area contributed by atoms with Crippen molar-refractivity contribution in [1.29, 1.82) is 10.5 Å². The van der Waals surface area contributed by atoms with Crippen molar-refractivity contribution in [2.24, 2.45) is 0 Å². The van der Waals surface area contributed by atoms with Crippen molar-refractivity contribution in [2.45, 2.75) is 24.7 Å². The van der Waals surface area contributed by atoms with Gasteiger partial charge in [0.2, 0.25) is 0 Å². The Labute approximate surface area is 182 Å². The molecule has 0 spiro atoms. The zero-order chi connectivity index (χ0) is 20.8. The van der Waals surface area contributed by atoms with Crippen LogP contribution < -0.4 is 0 Å². The summed E-state index contributed by atoms with van der Waals surface area (Å²) in [5.74, 6) is -3.46. The number of carbonyl (C=O) groups excluding carboxylic acids is 2. The molecule has 0 fully saturated rings. The van der Waals surface area contributed by atoms with Gasteiger partial charge in [-0.15, -0.1) is 0 Å². The van der Waals surface area contributed by atoms with E-state index in [1.165, 1.54) is 24.3 Å². The van der Waals surface area contributed by atoms with E-state index in [1.807, 2.05) is 12.1 Å². The van der Waals surface area contributed by atoms with Crippen LogP contribution in [0.2, 0.25) is 20.1 Å². The van der Waals surface area contributed by atoms with E-state index < -0.39 is 23.4 Å². The number of rotatable bonds is 7. The van der Waals surface area contributed by atoms with Gasteiger partial charge in [0.15, 0.2) is 11.6 Å². The summed E-state index contributed by atoms with van der Waals surface area (Å²) in [6.07, 6.45) is -0.502. The van der Waals surface area contributed by atoms with Crippen LogP contribution in [0.4, 0.5) is 0 Å². The molecule has 0 unspecified atom stereocenters. The lowest BCUT2D eigenvalue weighted by atomic mass is 9.89. The first-order chi connectivity index (χ1) is 13.3. The van der Waals surface area contributed by atoms with E-state index >= 15 is 0 Å². The van der Waals surface area contributed by atoms with Crippen molar-refractivity contribution in [1.82, 2.24) is 0 Å². The molecule has 0 aliphatic rings. The molecular formula is C20H12Cl4N2O2. The van der Waals surface area contributed by atoms with Crippen molar-refractivity contribution in [3.05, 3.63) is 67.6 Å². The van der Waals surface area contributed by atoms with Gasteiger partial charge in [0.05, 0.1) is 12.1 Å². The minimum absolute atomic E-state index is 0.191. The van der Waals surface area contributed by atoms with Gasteiger partial charge in [0, 0.05) is 44.1 Å². The van der Waals surface area contributed by atoms with E-state index in [0.29, 0.717) is 0 Å². The van der Waals surface area contributed by atoms with Crippen LogP contribution in [0.3, 0.4) is 0 Å². The summed E-state index contributed by atoms with van der Waals surface area (Å²) in [4.78, 5) is 25.1. The second kappa shape index (κ2) is 9.92. The lowest BCUT2D eigenvalue weighted by Gasteiger charge is -2.14. The monoisotopic (exact) mass is 452 g/mol. The molecule has 0 aromatic heterocycles. The standard InChI is InChI=1S/C20H12Cl4N2O2/c21-13-3-1-4-14(22)19(13)11(9-25)17(27)7-8-18(28)12(10-26)20-15(23)5-2-6-16(20)24/h1-6,11-12H,7-8H2/t11-,12-/m1/s1. The van der Waals surface area contributed by atoms with Gasteiger partial charge in [-0.1, -0.05) is 58.5 Å². The Kier molecular flexibility index (Phi) is 7.87. The Morgan fingerprint density at radius 3 is 1.25 bits per heavy atom. The highest BCUT2D eigenvalue weighted by molar-refractivity contribution is 6.37. The molecule has 0 saturated heterocycles. The van der Waals surface area contributed by atoms with Crippen LogP contribution in [0.1, 0.15) is 35.8 Å². The van der Waals surface area contributed by atoms with Crippen LogP contribution in [0.15, 0.2) is 36.4 Å². The maximum absolute atomic E-state index is 12.5. The maximum atomic E-state index is 12.5. The van der Waals surface area contributed by atoms with E-state index in [9.17, 15) is 20.1 Å². The largest absolute Gasteiger partial charge is 0.298 e. The molecule has 2 aromatic rings. The van der Waals surface area contributed by atoms with Gasteiger partial charge in [-0.3, -0.25) is 9.59 Å². The lowest BCUT2D eigenvalue weighted by molar-refractivity contribution is -0.124. The second-order valence-electron chi connectivity index (χ2n) is 5.83. The Hall–Kier alpha value is -2.08. The number of hydrogen-bond acceptors (Lipinski definition) is 4. The highest BCUT2D eigenvalue weighted by Gasteiger charge is 2.29. The molecule has 28 heavy (non-hydrogen) atoms. The van der Waals surface area contributed by atoms with E-state index in [2.05, 4.69) is 0 Å². The normalized spacial score (nSPS) is 12.5. The van der Waals surface area contributed by atoms with Crippen LogP contribution in [0.25, 0.3) is 0 Å². The number of Topliss-reactive ketones (excluding diaryl/α,β-unsaturated/α-hetero) is 2. The third-order valence-electron chi connectivity index (χ3n) is 4.10. The molecule has 0 amide bonds. The highest BCUT2D eigenvalue weighted by Crippen LogP contribution is 2.34. The van der Waals surface area contributed by atoms with Gasteiger partial charge in [-0.25, -0.2) is 0 Å². The molecule has 0 radical (unpaired) electrons. The van der Waals surface area contributed by atoms with Crippen molar-refractivity contribution in [3.63, 3.8) is 0 Å². The summed E-state index contributed by atoms with van der Waals surface area (Å²) < 4.78 is 0. The van der Waals surface area contributed by atoms with E-state index in [-0.39, 0.29) is 44.1 Å². The molecule has 142 valence electrons. The third kappa shape index (κ3) is 4.85. The number of ketones is 2. The Morgan fingerprint density at radius 1 is 0.714 bits per heavy atom. The topological polar surface area (TPSA) is 81.7 Å². The number of nitriles is 2. The molecule has 0 saturated carbocycles. The zero-order valence-corrected chi connectivity index (χ0v) is 17.3. The average Bonchev–Trinajstić information content (AvgIpc) is 2.65. The summed E-state index contributed by atoms with van der Waals surface area (Å²) in [6.45, 7) is 0. The SMILES string of the molecule is N#C[C@H](C(=O)CCC(=O)[C@@H](C#N)c1c(Cl)cccc1Cl)c1c(Cl)cccc1Cl. The minimum Gasteiger partial charge on any atom is -0.298 e. The van der Waals surface area contributed by atoms with Crippen molar-refractivity contribution in [3.8, 4) is 12.1 Å². The molecule has 0 N–H and O–H groups in total. The van der Waals surface area contributed by atoms with Crippen molar-refractivity contribution < 1.29 is 9.59 Å². The molecular weight excluding hydrogens is 442 g/mol. The second-order valence-corrected chi connectivity index (χ2v) is 7.46. The first kappa shape index (κ1) is 22.2. The average molecular weight is 454 g/mol. The van der Waals surface area contributed by atoms with Crippen LogP contribution >= 0.6 is 46.4 Å². The molecule has 2 aromatic carbocycles. The fraction of sp³-hybridized carbons (Fsp3) is 0.200. The number of halogens is 4. The summed E-state index contributed by atoms with van der Waals surface area (Å²) in [6, 6.07) is 13.1. The predicted octanol–water partition coefficient (Wildman–Crippen LogP) is 6.13. The predicted molar refractivity (Wildman–Crippen MR) is 109 cm³/mol. The van der Waals surface area contributed by atoms with Crippen LogP contribution in [0, 0.1) is 22.7 Å². The Bertz CT molecular complexity index is 886. The van der Waals surface area contributed by atoms with Crippen LogP contribution in [-0.4, -0.2) is 11.6 Å². The summed E-state index contributed by atoms with van der Waals surface area (Å²) >= 11 is 24.3. The fourth-order valence-electron chi connectivity index (χ4n) is 2.70. The maximum Gasteiger partial charge on any atom is 0.155 e. The van der Waals surface area contributed by atoms with Gasteiger partial charge in [0.1, 0.15) is 11.8 Å². The fourth-order valence-corrected chi connectivity index (χ4v) is 3.93. The quantitative estimate of drug-likeness (QED) is 0.504. The zero-order valence-electron chi connectivity index (χ0n) is 14.3. The molecule has 4 nitrogen and oxygen atoms in total. The number of benzene rings is 2. The lowest BCUT2D eigenvalue weighted by Crippen LogP contribution is -2.17. The van der Waals surface area contributed by atoms with Gasteiger partial charge >= 0.3 is 0 Å². The van der Waals surface area contributed by atoms with Gasteiger partial charge in [-0.2, -0.15) is 10.5 Å². The third-order valence-corrected chi connectivity index (χ3v) is 5.42. The summed E-state index contributed by atoms with van der Waals surface area (Å²) in [5.41, 5.74) is 0.411. The van der Waals surface area contributed by atoms with Gasteiger partial charge in [0.25, 0.3) is 0 Å². The summed E-state index contributed by atoms with van der Waals surface area (Å²) in [7, 11) is 0. The van der Waals surface area contributed by atoms with Gasteiger partial charge < -0.3 is 0 Å². The van der Waals surface area contributed by atoms with E-state index in [0.717, 1.165) is 0 Å². The van der Waals surface area contributed by atoms with Crippen LogP contribution in [0.5, 0.6) is 0 Å². The number of hydrogen-bond donors (Lipinski definition) is 0. The number of carbonyl (C=O) groups is 2. The first-order valence-electron chi connectivity index (χ1n) is 8.04. The minimum atomic E-state index is -1.21. The number of nitrogens with zero attached hydrogens (tertiary/aromatic N) is 2. The summed E-state index contributed by atoms with van der Waals surface area (Å²) in [5, 5.41) is 19.6. The first-order valence-corrected chi connectivity index (χ1v) is 9.55. The molecule has 8 heteroatoms. The highest BCUT2D eigenvalue weighted by atomic mass is 35.5. The van der Waals surface area contributed by atoms with E-state index in [4.69, 9.17) is 46.4 Å².